The molecule has 0 saturated heterocycles. The summed E-state index contributed by atoms with van der Waals surface area (Å²) >= 11 is 1.66. The second-order valence-electron chi connectivity index (χ2n) is 4.55. The lowest BCUT2D eigenvalue weighted by Crippen LogP contribution is -2.48. The van der Waals surface area contributed by atoms with Gasteiger partial charge in [0.25, 0.3) is 0 Å². The quantitative estimate of drug-likeness (QED) is 0.840. The van der Waals surface area contributed by atoms with Gasteiger partial charge in [0.2, 0.25) is 5.91 Å². The summed E-state index contributed by atoms with van der Waals surface area (Å²) in [6, 6.07) is 7.84. The first-order valence-corrected chi connectivity index (χ1v) is 7.11. The van der Waals surface area contributed by atoms with Crippen LogP contribution in [0.5, 0.6) is 0 Å². The lowest BCUT2D eigenvalue weighted by atomic mass is 9.98. The van der Waals surface area contributed by atoms with Crippen LogP contribution in [-0.4, -0.2) is 17.7 Å². The van der Waals surface area contributed by atoms with Crippen molar-refractivity contribution in [1.82, 2.24) is 0 Å². The van der Waals surface area contributed by atoms with Gasteiger partial charge in [-0.05, 0) is 37.3 Å². The Bertz CT molecular complexity index is 419. The largest absolute Gasteiger partial charge is 0.324 e. The Morgan fingerprint density at radius 3 is 2.67 bits per heavy atom. The number of halogens is 1. The molecule has 1 aliphatic rings. The van der Waals surface area contributed by atoms with E-state index < -0.39 is 5.54 Å². The minimum atomic E-state index is -0.657. The van der Waals surface area contributed by atoms with Gasteiger partial charge in [0.05, 0.1) is 5.54 Å². The fraction of sp³-hybridized carbons (Fsp3) is 0.462. The third-order valence-electron chi connectivity index (χ3n) is 3.28. The summed E-state index contributed by atoms with van der Waals surface area (Å²) in [5.41, 5.74) is 6.28. The van der Waals surface area contributed by atoms with Gasteiger partial charge in [0.15, 0.2) is 0 Å². The molecule has 0 spiro atoms. The van der Waals surface area contributed by atoms with Crippen molar-refractivity contribution < 1.29 is 4.79 Å². The van der Waals surface area contributed by atoms with Gasteiger partial charge < -0.3 is 11.1 Å². The Morgan fingerprint density at radius 1 is 1.39 bits per heavy atom. The highest BCUT2D eigenvalue weighted by Gasteiger charge is 2.36. The maximum absolute atomic E-state index is 12.1. The minimum absolute atomic E-state index is 0. The second kappa shape index (κ2) is 6.45. The Balaban J connectivity index is 0.00000162. The molecule has 0 aliphatic heterocycles. The molecule has 0 aromatic heterocycles. The number of rotatable bonds is 3. The number of carbonyl (C=O) groups excluding carboxylic acids is 1. The van der Waals surface area contributed by atoms with E-state index in [1.807, 2.05) is 30.5 Å². The van der Waals surface area contributed by atoms with Crippen molar-refractivity contribution >= 4 is 35.8 Å². The standard InChI is InChI=1S/C13H18N2OS.ClH/c1-17-11-6-4-5-10(9-11)15-12(16)13(14)7-2-3-8-13;/h4-6,9H,2-3,7-8,14H2,1H3,(H,15,16);1H. The van der Waals surface area contributed by atoms with Crippen molar-refractivity contribution in [3.8, 4) is 0 Å². The fourth-order valence-electron chi connectivity index (χ4n) is 2.19. The number of amides is 1. The third kappa shape index (κ3) is 3.40. The Kier molecular flexibility index (Phi) is 5.50. The zero-order valence-corrected chi connectivity index (χ0v) is 12.1. The maximum atomic E-state index is 12.1. The lowest BCUT2D eigenvalue weighted by Gasteiger charge is -2.22. The molecular weight excluding hydrogens is 268 g/mol. The van der Waals surface area contributed by atoms with Crippen LogP contribution in [0.15, 0.2) is 29.2 Å². The number of nitrogens with one attached hydrogen (secondary N) is 1. The van der Waals surface area contributed by atoms with Crippen molar-refractivity contribution in [2.75, 3.05) is 11.6 Å². The van der Waals surface area contributed by atoms with Crippen LogP contribution in [0.2, 0.25) is 0 Å². The first kappa shape index (κ1) is 15.3. The molecule has 100 valence electrons. The van der Waals surface area contributed by atoms with Crippen LogP contribution in [0.4, 0.5) is 5.69 Å². The summed E-state index contributed by atoms with van der Waals surface area (Å²) in [4.78, 5) is 13.2. The van der Waals surface area contributed by atoms with Crippen LogP contribution in [0.3, 0.4) is 0 Å². The van der Waals surface area contributed by atoms with Crippen molar-refractivity contribution in [2.24, 2.45) is 5.73 Å². The molecule has 5 heteroatoms. The van der Waals surface area contributed by atoms with Gasteiger partial charge in [-0.3, -0.25) is 4.79 Å². The minimum Gasteiger partial charge on any atom is -0.324 e. The van der Waals surface area contributed by atoms with E-state index in [0.717, 1.165) is 36.3 Å². The molecule has 0 unspecified atom stereocenters. The number of thioether (sulfide) groups is 1. The van der Waals surface area contributed by atoms with E-state index in [4.69, 9.17) is 5.73 Å². The molecular formula is C13H19ClN2OS. The van der Waals surface area contributed by atoms with E-state index in [0.29, 0.717) is 0 Å². The first-order chi connectivity index (χ1) is 8.14. The van der Waals surface area contributed by atoms with E-state index in [1.165, 1.54) is 0 Å². The monoisotopic (exact) mass is 286 g/mol. The predicted octanol–water partition coefficient (Wildman–Crippen LogP) is 3.04. The second-order valence-corrected chi connectivity index (χ2v) is 5.43. The summed E-state index contributed by atoms with van der Waals surface area (Å²) in [5, 5.41) is 2.92. The number of anilines is 1. The van der Waals surface area contributed by atoms with E-state index in [-0.39, 0.29) is 18.3 Å². The summed E-state index contributed by atoms with van der Waals surface area (Å²) in [6.45, 7) is 0. The van der Waals surface area contributed by atoms with Crippen LogP contribution in [0.25, 0.3) is 0 Å². The number of carbonyl (C=O) groups is 1. The molecule has 0 heterocycles. The van der Waals surface area contributed by atoms with Crippen LogP contribution < -0.4 is 11.1 Å². The van der Waals surface area contributed by atoms with Crippen molar-refractivity contribution in [3.63, 3.8) is 0 Å². The molecule has 1 aromatic carbocycles. The summed E-state index contributed by atoms with van der Waals surface area (Å²) in [6.07, 6.45) is 5.70. The van der Waals surface area contributed by atoms with Crippen LogP contribution in [0, 0.1) is 0 Å². The Morgan fingerprint density at radius 2 is 2.06 bits per heavy atom. The Hall–Kier alpha value is -0.710. The molecule has 3 N–H and O–H groups in total. The predicted molar refractivity (Wildman–Crippen MR) is 79.5 cm³/mol. The molecule has 18 heavy (non-hydrogen) atoms. The molecule has 1 fully saturated rings. The number of benzene rings is 1. The number of nitrogens with two attached hydrogens (primary N) is 1. The summed E-state index contributed by atoms with van der Waals surface area (Å²) in [5.74, 6) is -0.0479. The van der Waals surface area contributed by atoms with Gasteiger partial charge in [-0.1, -0.05) is 18.9 Å². The summed E-state index contributed by atoms with van der Waals surface area (Å²) < 4.78 is 0. The molecule has 1 aliphatic carbocycles. The van der Waals surface area contributed by atoms with Crippen molar-refractivity contribution in [2.45, 2.75) is 36.1 Å². The van der Waals surface area contributed by atoms with Crippen LogP contribution >= 0.6 is 24.2 Å². The molecule has 1 saturated carbocycles. The molecule has 1 aromatic rings. The first-order valence-electron chi connectivity index (χ1n) is 5.88. The van der Waals surface area contributed by atoms with Crippen molar-refractivity contribution in [1.29, 1.82) is 0 Å². The van der Waals surface area contributed by atoms with Gasteiger partial charge in [0.1, 0.15) is 0 Å². The average Bonchev–Trinajstić information content (AvgIpc) is 2.78. The van der Waals surface area contributed by atoms with Gasteiger partial charge in [-0.2, -0.15) is 0 Å². The average molecular weight is 287 g/mol. The molecule has 3 nitrogen and oxygen atoms in total. The van der Waals surface area contributed by atoms with E-state index in [2.05, 4.69) is 5.32 Å². The van der Waals surface area contributed by atoms with E-state index >= 15 is 0 Å². The molecule has 2 rings (SSSR count). The third-order valence-corrected chi connectivity index (χ3v) is 4.00. The zero-order chi connectivity index (χ0) is 12.3. The van der Waals surface area contributed by atoms with Gasteiger partial charge in [0, 0.05) is 10.6 Å². The van der Waals surface area contributed by atoms with E-state index in [9.17, 15) is 4.79 Å². The van der Waals surface area contributed by atoms with Crippen LogP contribution in [0.1, 0.15) is 25.7 Å². The molecule has 0 bridgehead atoms. The van der Waals surface area contributed by atoms with Gasteiger partial charge in [-0.15, -0.1) is 24.2 Å². The molecule has 0 radical (unpaired) electrons. The molecule has 0 atom stereocenters. The molecule has 1 amide bonds. The van der Waals surface area contributed by atoms with E-state index in [1.54, 1.807) is 11.8 Å². The van der Waals surface area contributed by atoms with Crippen LogP contribution in [-0.2, 0) is 4.79 Å². The normalized spacial score (nSPS) is 17.0. The maximum Gasteiger partial charge on any atom is 0.244 e. The fourth-order valence-corrected chi connectivity index (χ4v) is 2.65. The topological polar surface area (TPSA) is 55.1 Å². The highest BCUT2D eigenvalue weighted by Crippen LogP contribution is 2.28. The summed E-state index contributed by atoms with van der Waals surface area (Å²) in [7, 11) is 0. The lowest BCUT2D eigenvalue weighted by molar-refractivity contribution is -0.121. The highest BCUT2D eigenvalue weighted by atomic mass is 35.5. The smallest absolute Gasteiger partial charge is 0.244 e. The van der Waals surface area contributed by atoms with Gasteiger partial charge in [-0.25, -0.2) is 0 Å². The van der Waals surface area contributed by atoms with Gasteiger partial charge >= 0.3 is 0 Å². The Labute approximate surface area is 118 Å². The van der Waals surface area contributed by atoms with Crippen molar-refractivity contribution in [3.05, 3.63) is 24.3 Å². The SMILES string of the molecule is CSc1cccc(NC(=O)C2(N)CCCC2)c1.Cl. The zero-order valence-electron chi connectivity index (χ0n) is 10.4. The number of hydrogen-bond acceptors (Lipinski definition) is 3. The highest BCUT2D eigenvalue weighted by molar-refractivity contribution is 7.98. The number of hydrogen-bond donors (Lipinski definition) is 2.